The van der Waals surface area contributed by atoms with E-state index in [4.69, 9.17) is 4.55 Å². The first-order chi connectivity index (χ1) is 4.31. The minimum absolute atomic E-state index is 0.318. The van der Waals surface area contributed by atoms with Crippen LogP contribution in [0.15, 0.2) is 12.7 Å². The predicted octanol–water partition coefficient (Wildman–Crippen LogP) is -0.468. The fourth-order valence-corrected chi connectivity index (χ4v) is 1.07. The summed E-state index contributed by atoms with van der Waals surface area (Å²) in [6.07, 6.45) is 1.82. The Bertz CT molecular complexity index is 217. The number of allylic oxidation sites excluding steroid dienone is 1. The van der Waals surface area contributed by atoms with Crippen molar-refractivity contribution in [3.05, 3.63) is 12.7 Å². The molecule has 0 radical (unpaired) electrons. The molecule has 0 heterocycles. The first-order valence-corrected chi connectivity index (χ1v) is 5.33. The van der Waals surface area contributed by atoms with Crippen molar-refractivity contribution < 1.29 is 13.0 Å². The van der Waals surface area contributed by atoms with Gasteiger partial charge in [-0.05, 0) is 13.3 Å². The molecule has 0 fully saturated rings. The molecule has 5 heteroatoms. The zero-order valence-electron chi connectivity index (χ0n) is 6.16. The highest BCUT2D eigenvalue weighted by atomic mass is 32.2. The predicted molar refractivity (Wildman–Crippen MR) is 44.7 cm³/mol. The third-order valence-corrected chi connectivity index (χ3v) is 4.85. The lowest BCUT2D eigenvalue weighted by Gasteiger charge is -2.17. The third-order valence-electron chi connectivity index (χ3n) is 1.33. The first kappa shape index (κ1) is 9.87. The molecule has 1 unspecified atom stereocenters. The zero-order valence-corrected chi connectivity index (χ0v) is 8.98. The van der Waals surface area contributed by atoms with E-state index >= 15 is 0 Å². The third kappa shape index (κ3) is 2.24. The van der Waals surface area contributed by atoms with Gasteiger partial charge in [0.1, 0.15) is 0 Å². The lowest BCUT2D eigenvalue weighted by atomic mass is 10.3. The van der Waals surface area contributed by atoms with Crippen molar-refractivity contribution in [1.82, 2.24) is 0 Å². The standard InChI is InChI=1S/C5H12O3SSi/c1-3-4-5(2,10)9(6,7)8/h3H,1,4H2,2,10H3,(H,6,7,8). The van der Waals surface area contributed by atoms with E-state index in [9.17, 15) is 8.42 Å². The molecular formula is C5H12O3SSi. The molecule has 10 heavy (non-hydrogen) atoms. The molecule has 0 aromatic carbocycles. The van der Waals surface area contributed by atoms with Crippen LogP contribution in [0.1, 0.15) is 13.3 Å². The van der Waals surface area contributed by atoms with Gasteiger partial charge in [-0.3, -0.25) is 4.55 Å². The van der Waals surface area contributed by atoms with Crippen molar-refractivity contribution in [2.24, 2.45) is 0 Å². The summed E-state index contributed by atoms with van der Waals surface area (Å²) in [5.41, 5.74) is 0. The Hall–Kier alpha value is -0.133. The Labute approximate surface area is 64.3 Å². The van der Waals surface area contributed by atoms with Gasteiger partial charge >= 0.3 is 0 Å². The summed E-state index contributed by atoms with van der Waals surface area (Å²) in [7, 11) is -3.47. The van der Waals surface area contributed by atoms with E-state index in [1.54, 1.807) is 0 Å². The van der Waals surface area contributed by atoms with Crippen molar-refractivity contribution in [3.8, 4) is 0 Å². The molecule has 0 bridgehead atoms. The molecule has 0 spiro atoms. The van der Waals surface area contributed by atoms with Crippen LogP contribution in [0.4, 0.5) is 0 Å². The Morgan fingerprint density at radius 3 is 2.30 bits per heavy atom. The zero-order chi connectivity index (χ0) is 8.41. The van der Waals surface area contributed by atoms with E-state index in [0.717, 1.165) is 0 Å². The van der Waals surface area contributed by atoms with Gasteiger partial charge in [0.2, 0.25) is 0 Å². The molecule has 0 saturated carbocycles. The molecule has 3 nitrogen and oxygen atoms in total. The largest absolute Gasteiger partial charge is 0.285 e. The fraction of sp³-hybridized carbons (Fsp3) is 0.600. The number of rotatable bonds is 3. The van der Waals surface area contributed by atoms with Gasteiger partial charge in [0.15, 0.2) is 0 Å². The quantitative estimate of drug-likeness (QED) is 0.363. The Balaban J connectivity index is 4.57. The van der Waals surface area contributed by atoms with Gasteiger partial charge in [-0.15, -0.1) is 6.58 Å². The van der Waals surface area contributed by atoms with Crippen LogP contribution in [0.5, 0.6) is 0 Å². The normalized spacial score (nSPS) is 18.2. The molecular weight excluding hydrogens is 168 g/mol. The van der Waals surface area contributed by atoms with E-state index in [1.807, 2.05) is 0 Å². The molecule has 1 atom stereocenters. The first-order valence-electron chi connectivity index (χ1n) is 2.89. The second-order valence-corrected chi connectivity index (χ2v) is 7.71. The highest BCUT2D eigenvalue weighted by Gasteiger charge is 2.30. The van der Waals surface area contributed by atoms with Gasteiger partial charge in [0, 0.05) is 10.2 Å². The highest BCUT2D eigenvalue weighted by molar-refractivity contribution is 7.88. The topological polar surface area (TPSA) is 54.4 Å². The fourth-order valence-electron chi connectivity index (χ4n) is 0.453. The second kappa shape index (κ2) is 2.85. The van der Waals surface area contributed by atoms with Gasteiger partial charge in [0.05, 0.1) is 4.37 Å². The summed E-state index contributed by atoms with van der Waals surface area (Å²) in [4.78, 5) is 0. The average molecular weight is 180 g/mol. The van der Waals surface area contributed by atoms with Crippen LogP contribution in [0.3, 0.4) is 0 Å². The van der Waals surface area contributed by atoms with Crippen molar-refractivity contribution in [2.75, 3.05) is 0 Å². The minimum Gasteiger partial charge on any atom is -0.285 e. The second-order valence-electron chi connectivity index (χ2n) is 2.73. The summed E-state index contributed by atoms with van der Waals surface area (Å²) in [6, 6.07) is 0. The molecule has 0 saturated heterocycles. The van der Waals surface area contributed by atoms with Crippen LogP contribution >= 0.6 is 0 Å². The molecule has 0 aliphatic carbocycles. The van der Waals surface area contributed by atoms with E-state index in [-0.39, 0.29) is 0 Å². The lowest BCUT2D eigenvalue weighted by Crippen LogP contribution is -2.34. The van der Waals surface area contributed by atoms with Crippen molar-refractivity contribution >= 4 is 20.4 Å². The minimum atomic E-state index is -3.87. The molecule has 1 N–H and O–H groups in total. The number of hydrogen-bond donors (Lipinski definition) is 1. The average Bonchev–Trinajstić information content (AvgIpc) is 1.61. The van der Waals surface area contributed by atoms with E-state index < -0.39 is 14.5 Å². The molecule has 0 rings (SSSR count). The molecule has 0 aliphatic rings. The smallest absolute Gasteiger partial charge is 0.266 e. The maximum absolute atomic E-state index is 10.6. The van der Waals surface area contributed by atoms with Crippen LogP contribution in [0, 0.1) is 0 Å². The Morgan fingerprint density at radius 2 is 2.20 bits per heavy atom. The van der Waals surface area contributed by atoms with E-state index in [0.29, 0.717) is 16.7 Å². The molecule has 0 aromatic rings. The SMILES string of the molecule is C=CCC(C)([SiH3])S(=O)(=O)O. The lowest BCUT2D eigenvalue weighted by molar-refractivity contribution is 0.462. The van der Waals surface area contributed by atoms with E-state index in [1.165, 1.54) is 13.0 Å². The summed E-state index contributed by atoms with van der Waals surface area (Å²) in [5, 5.41) is 0. The van der Waals surface area contributed by atoms with Crippen molar-refractivity contribution in [1.29, 1.82) is 0 Å². The monoisotopic (exact) mass is 180 g/mol. The summed E-state index contributed by atoms with van der Waals surface area (Å²) in [6.45, 7) is 4.92. The van der Waals surface area contributed by atoms with Gasteiger partial charge in [-0.1, -0.05) is 6.08 Å². The molecule has 0 aliphatic heterocycles. The van der Waals surface area contributed by atoms with Gasteiger partial charge in [-0.25, -0.2) is 0 Å². The van der Waals surface area contributed by atoms with Crippen LogP contribution in [-0.4, -0.2) is 27.6 Å². The van der Waals surface area contributed by atoms with Crippen LogP contribution in [0.2, 0.25) is 0 Å². The van der Waals surface area contributed by atoms with Crippen LogP contribution in [0.25, 0.3) is 0 Å². The number of hydrogen-bond acceptors (Lipinski definition) is 2. The van der Waals surface area contributed by atoms with Gasteiger partial charge < -0.3 is 0 Å². The maximum Gasteiger partial charge on any atom is 0.266 e. The summed E-state index contributed by atoms with van der Waals surface area (Å²) in [5.74, 6) is 0. The summed E-state index contributed by atoms with van der Waals surface area (Å²) >= 11 is 0. The highest BCUT2D eigenvalue weighted by Crippen LogP contribution is 2.15. The van der Waals surface area contributed by atoms with Crippen LogP contribution < -0.4 is 0 Å². The summed E-state index contributed by atoms with van der Waals surface area (Å²) < 4.78 is 28.8. The Morgan fingerprint density at radius 1 is 1.80 bits per heavy atom. The van der Waals surface area contributed by atoms with Gasteiger partial charge in [0.25, 0.3) is 10.1 Å². The molecule has 0 amide bonds. The van der Waals surface area contributed by atoms with Crippen LogP contribution in [-0.2, 0) is 10.1 Å². The Kier molecular flexibility index (Phi) is 2.82. The molecule has 0 aromatic heterocycles. The van der Waals surface area contributed by atoms with Crippen molar-refractivity contribution in [3.63, 3.8) is 0 Å². The van der Waals surface area contributed by atoms with E-state index in [2.05, 4.69) is 6.58 Å². The molecule has 60 valence electrons. The van der Waals surface area contributed by atoms with Crippen molar-refractivity contribution in [2.45, 2.75) is 17.7 Å². The van der Waals surface area contributed by atoms with Gasteiger partial charge in [-0.2, -0.15) is 8.42 Å². The maximum atomic E-state index is 10.6.